The number of hydrogen-bond acceptors (Lipinski definition) is 3. The number of aryl methyl sites for hydroxylation is 1. The second-order valence-corrected chi connectivity index (χ2v) is 8.99. The smallest absolute Gasteiger partial charge is 0.257 e. The van der Waals surface area contributed by atoms with Crippen molar-refractivity contribution >= 4 is 35.0 Å². The monoisotopic (exact) mass is 438 g/mol. The van der Waals surface area contributed by atoms with Crippen LogP contribution in [0.5, 0.6) is 0 Å². The van der Waals surface area contributed by atoms with Crippen molar-refractivity contribution in [3.63, 3.8) is 0 Å². The Balaban J connectivity index is 1.62. The number of rotatable bonds is 5. The van der Waals surface area contributed by atoms with Crippen LogP contribution in [0.1, 0.15) is 49.7 Å². The number of anilines is 1. The molecule has 5 nitrogen and oxygen atoms in total. The van der Waals surface area contributed by atoms with Crippen LogP contribution in [0.15, 0.2) is 48.5 Å². The van der Waals surface area contributed by atoms with E-state index >= 15 is 0 Å². The zero-order valence-electron chi connectivity index (χ0n) is 17.7. The molecule has 31 heavy (non-hydrogen) atoms. The second-order valence-electron chi connectivity index (χ2n) is 8.55. The molecule has 4 rings (SSSR count). The highest BCUT2D eigenvalue weighted by atomic mass is 35.5. The van der Waals surface area contributed by atoms with Crippen LogP contribution in [0.2, 0.25) is 5.02 Å². The van der Waals surface area contributed by atoms with Gasteiger partial charge in [-0.1, -0.05) is 60.7 Å². The Labute approximate surface area is 188 Å². The van der Waals surface area contributed by atoms with E-state index in [0.717, 1.165) is 43.2 Å². The molecule has 1 aliphatic carbocycles. The Hall–Kier alpha value is -2.66. The molecule has 1 unspecified atom stereocenters. The summed E-state index contributed by atoms with van der Waals surface area (Å²) in [6.45, 7) is 2.34. The molecular formula is C25H27ClN2O3. The zero-order chi connectivity index (χ0) is 22.0. The molecule has 1 saturated carbocycles. The number of amides is 3. The predicted octanol–water partition coefficient (Wildman–Crippen LogP) is 4.89. The van der Waals surface area contributed by atoms with Gasteiger partial charge in [0.15, 0.2) is 0 Å². The van der Waals surface area contributed by atoms with E-state index in [1.54, 1.807) is 29.2 Å². The van der Waals surface area contributed by atoms with E-state index in [9.17, 15) is 14.4 Å². The van der Waals surface area contributed by atoms with Crippen LogP contribution in [0.3, 0.4) is 0 Å². The van der Waals surface area contributed by atoms with E-state index < -0.39 is 6.04 Å². The summed E-state index contributed by atoms with van der Waals surface area (Å²) in [6, 6.07) is 13.8. The highest BCUT2D eigenvalue weighted by Gasteiger charge is 2.45. The third-order valence-electron chi connectivity index (χ3n) is 6.29. The van der Waals surface area contributed by atoms with E-state index in [1.807, 2.05) is 31.2 Å². The largest absolute Gasteiger partial charge is 0.326 e. The van der Waals surface area contributed by atoms with Gasteiger partial charge in [-0.3, -0.25) is 14.4 Å². The van der Waals surface area contributed by atoms with Gasteiger partial charge in [0.05, 0.1) is 12.1 Å². The molecule has 0 bridgehead atoms. The van der Waals surface area contributed by atoms with Crippen molar-refractivity contribution in [1.29, 1.82) is 0 Å². The summed E-state index contributed by atoms with van der Waals surface area (Å²) in [5, 5.41) is 0.535. The van der Waals surface area contributed by atoms with Crippen molar-refractivity contribution in [3.8, 4) is 0 Å². The summed E-state index contributed by atoms with van der Waals surface area (Å²) >= 11 is 5.96. The van der Waals surface area contributed by atoms with E-state index in [-0.39, 0.29) is 30.1 Å². The molecule has 1 atom stereocenters. The van der Waals surface area contributed by atoms with Crippen LogP contribution >= 0.6 is 11.6 Å². The van der Waals surface area contributed by atoms with Gasteiger partial charge in [-0.25, -0.2) is 4.90 Å². The molecule has 1 saturated heterocycles. The zero-order valence-corrected chi connectivity index (χ0v) is 18.5. The maximum absolute atomic E-state index is 13.5. The molecule has 0 radical (unpaired) electrons. The van der Waals surface area contributed by atoms with Gasteiger partial charge in [0.25, 0.3) is 5.91 Å². The third-order valence-corrected chi connectivity index (χ3v) is 6.55. The Bertz CT molecular complexity index is 965. The molecule has 2 aliphatic rings. The van der Waals surface area contributed by atoms with Crippen LogP contribution in [0, 0.1) is 12.8 Å². The van der Waals surface area contributed by atoms with Gasteiger partial charge in [-0.15, -0.1) is 0 Å². The minimum atomic E-state index is -0.779. The summed E-state index contributed by atoms with van der Waals surface area (Å²) in [6.07, 6.45) is 4.91. The lowest BCUT2D eigenvalue weighted by molar-refractivity contribution is -0.143. The summed E-state index contributed by atoms with van der Waals surface area (Å²) in [7, 11) is 0. The molecule has 1 aliphatic heterocycles. The lowest BCUT2D eigenvalue weighted by Crippen LogP contribution is -2.47. The fraction of sp³-hybridized carbons (Fsp3) is 0.400. The van der Waals surface area contributed by atoms with Crippen molar-refractivity contribution in [1.82, 2.24) is 4.90 Å². The number of carbonyl (C=O) groups excluding carboxylic acids is 3. The lowest BCUT2D eigenvalue weighted by atomic mass is 9.87. The topological polar surface area (TPSA) is 57.7 Å². The van der Waals surface area contributed by atoms with Crippen LogP contribution < -0.4 is 4.90 Å². The molecule has 0 aromatic heterocycles. The van der Waals surface area contributed by atoms with Gasteiger partial charge in [-0.05, 0) is 49.6 Å². The Morgan fingerprint density at radius 1 is 1.00 bits per heavy atom. The van der Waals surface area contributed by atoms with Gasteiger partial charge in [0, 0.05) is 17.5 Å². The number of hydrogen-bond donors (Lipinski definition) is 0. The normalized spacial score (nSPS) is 19.7. The first-order chi connectivity index (χ1) is 14.9. The minimum Gasteiger partial charge on any atom is -0.326 e. The molecule has 1 heterocycles. The molecule has 0 N–H and O–H groups in total. The highest BCUT2D eigenvalue weighted by Crippen LogP contribution is 2.31. The van der Waals surface area contributed by atoms with Crippen molar-refractivity contribution < 1.29 is 14.4 Å². The molecule has 3 amide bonds. The van der Waals surface area contributed by atoms with Gasteiger partial charge in [0.2, 0.25) is 11.8 Å². The molecule has 2 aromatic rings. The number of halogens is 1. The highest BCUT2D eigenvalue weighted by molar-refractivity contribution is 6.30. The van der Waals surface area contributed by atoms with Crippen LogP contribution in [-0.4, -0.2) is 28.7 Å². The van der Waals surface area contributed by atoms with Crippen molar-refractivity contribution in [2.24, 2.45) is 5.92 Å². The Kier molecular flexibility index (Phi) is 6.42. The van der Waals surface area contributed by atoms with E-state index in [2.05, 4.69) is 0 Å². The van der Waals surface area contributed by atoms with Gasteiger partial charge in [-0.2, -0.15) is 0 Å². The maximum atomic E-state index is 13.5. The summed E-state index contributed by atoms with van der Waals surface area (Å²) < 4.78 is 0. The van der Waals surface area contributed by atoms with Gasteiger partial charge < -0.3 is 4.90 Å². The van der Waals surface area contributed by atoms with Crippen molar-refractivity contribution in [3.05, 3.63) is 64.7 Å². The Morgan fingerprint density at radius 3 is 2.29 bits per heavy atom. The van der Waals surface area contributed by atoms with E-state index in [4.69, 9.17) is 11.6 Å². The molecule has 0 spiro atoms. The second kappa shape index (κ2) is 9.23. The molecular weight excluding hydrogens is 412 g/mol. The fourth-order valence-corrected chi connectivity index (χ4v) is 4.66. The summed E-state index contributed by atoms with van der Waals surface area (Å²) in [5.74, 6) is -0.720. The van der Waals surface area contributed by atoms with Crippen molar-refractivity contribution in [2.45, 2.75) is 58.0 Å². The fourth-order valence-electron chi connectivity index (χ4n) is 4.54. The number of nitrogens with zero attached hydrogens (tertiary/aromatic N) is 2. The predicted molar refractivity (Wildman–Crippen MR) is 121 cm³/mol. The van der Waals surface area contributed by atoms with Gasteiger partial charge >= 0.3 is 0 Å². The third kappa shape index (κ3) is 4.67. The first-order valence-electron chi connectivity index (χ1n) is 10.9. The van der Waals surface area contributed by atoms with E-state index in [1.165, 1.54) is 4.90 Å². The van der Waals surface area contributed by atoms with E-state index in [0.29, 0.717) is 17.3 Å². The number of benzene rings is 2. The Morgan fingerprint density at radius 2 is 1.65 bits per heavy atom. The molecule has 2 fully saturated rings. The van der Waals surface area contributed by atoms with Gasteiger partial charge in [0.1, 0.15) is 6.04 Å². The first-order valence-corrected chi connectivity index (χ1v) is 11.3. The SMILES string of the molecule is Cc1ccc(CN(C(=O)C2CCCCC2)C2CC(=O)N(c3ccc(Cl)cc3)C2=O)cc1. The van der Waals surface area contributed by atoms with Crippen LogP contribution in [-0.2, 0) is 20.9 Å². The minimum absolute atomic E-state index is 0.00574. The quantitative estimate of drug-likeness (QED) is 0.624. The van der Waals surface area contributed by atoms with Crippen molar-refractivity contribution in [2.75, 3.05) is 4.90 Å². The van der Waals surface area contributed by atoms with Crippen LogP contribution in [0.4, 0.5) is 5.69 Å². The number of imide groups is 1. The standard InChI is InChI=1S/C25H27ClN2O3/c1-17-7-9-18(10-8-17)16-27(24(30)19-5-3-2-4-6-19)22-15-23(29)28(25(22)31)21-13-11-20(26)12-14-21/h7-14,19,22H,2-6,15-16H2,1H3. The summed E-state index contributed by atoms with van der Waals surface area (Å²) in [5.41, 5.74) is 2.58. The average Bonchev–Trinajstić information content (AvgIpc) is 3.08. The summed E-state index contributed by atoms with van der Waals surface area (Å²) in [4.78, 5) is 42.5. The lowest BCUT2D eigenvalue weighted by Gasteiger charge is -2.32. The first kappa shape index (κ1) is 21.6. The molecule has 162 valence electrons. The maximum Gasteiger partial charge on any atom is 0.257 e. The molecule has 6 heteroatoms. The average molecular weight is 439 g/mol. The van der Waals surface area contributed by atoms with Crippen LogP contribution in [0.25, 0.3) is 0 Å². The number of carbonyl (C=O) groups is 3. The molecule has 2 aromatic carbocycles.